The van der Waals surface area contributed by atoms with Gasteiger partial charge in [0.15, 0.2) is 17.1 Å². The molecule has 4 nitrogen and oxygen atoms in total. The average Bonchev–Trinajstić information content (AvgIpc) is 2.99. The van der Waals surface area contributed by atoms with Crippen molar-refractivity contribution in [1.29, 1.82) is 0 Å². The van der Waals surface area contributed by atoms with E-state index in [4.69, 9.17) is 4.74 Å². The third-order valence-corrected chi connectivity index (χ3v) is 5.78. The van der Waals surface area contributed by atoms with Gasteiger partial charge in [0, 0.05) is 12.8 Å². The molecular formula is C21H25N3OS. The first-order valence-corrected chi connectivity index (χ1v) is 9.75. The standard InChI is InChI=1S/C21H25N3OS/c1-14-10-8-12-19(16(14)3)25-17(4)20-22-23-21(24(20)5)26-13-18-11-7-6-9-15(18)2/h6-12,17H,13H2,1-5H3. The molecule has 2 aromatic carbocycles. The van der Waals surface area contributed by atoms with E-state index in [0.717, 1.165) is 28.0 Å². The molecule has 0 spiro atoms. The van der Waals surface area contributed by atoms with Crippen LogP contribution in [0, 0.1) is 20.8 Å². The van der Waals surface area contributed by atoms with E-state index >= 15 is 0 Å². The van der Waals surface area contributed by atoms with Crippen LogP contribution in [-0.4, -0.2) is 14.8 Å². The molecule has 0 radical (unpaired) electrons. The monoisotopic (exact) mass is 367 g/mol. The highest BCUT2D eigenvalue weighted by Gasteiger charge is 2.18. The summed E-state index contributed by atoms with van der Waals surface area (Å²) < 4.78 is 8.18. The first kappa shape index (κ1) is 18.5. The molecule has 0 amide bonds. The minimum Gasteiger partial charge on any atom is -0.482 e. The highest BCUT2D eigenvalue weighted by molar-refractivity contribution is 7.98. The van der Waals surface area contributed by atoms with Crippen LogP contribution in [0.15, 0.2) is 47.6 Å². The number of thioether (sulfide) groups is 1. The van der Waals surface area contributed by atoms with Crippen molar-refractivity contribution in [3.8, 4) is 5.75 Å². The van der Waals surface area contributed by atoms with Gasteiger partial charge in [-0.3, -0.25) is 0 Å². The predicted molar refractivity (Wildman–Crippen MR) is 107 cm³/mol. The molecule has 3 aromatic rings. The van der Waals surface area contributed by atoms with Gasteiger partial charge in [-0.25, -0.2) is 0 Å². The Balaban J connectivity index is 1.72. The van der Waals surface area contributed by atoms with Crippen molar-refractivity contribution in [2.24, 2.45) is 7.05 Å². The summed E-state index contributed by atoms with van der Waals surface area (Å²) in [5.41, 5.74) is 5.01. The fourth-order valence-electron chi connectivity index (χ4n) is 2.82. The Hall–Kier alpha value is -2.27. The quantitative estimate of drug-likeness (QED) is 0.563. The second-order valence-electron chi connectivity index (χ2n) is 6.57. The number of rotatable bonds is 6. The van der Waals surface area contributed by atoms with E-state index in [0.29, 0.717) is 0 Å². The van der Waals surface area contributed by atoms with Gasteiger partial charge in [-0.1, -0.05) is 48.2 Å². The zero-order valence-corrected chi connectivity index (χ0v) is 16.8. The van der Waals surface area contributed by atoms with Crippen molar-refractivity contribution < 1.29 is 4.74 Å². The van der Waals surface area contributed by atoms with E-state index in [-0.39, 0.29) is 6.10 Å². The molecule has 0 saturated heterocycles. The molecular weight excluding hydrogens is 342 g/mol. The SMILES string of the molecule is Cc1ccccc1CSc1nnc(C(C)Oc2cccc(C)c2C)n1C. The Kier molecular flexibility index (Phi) is 5.67. The normalized spacial score (nSPS) is 12.2. The number of hydrogen-bond donors (Lipinski definition) is 0. The molecule has 0 saturated carbocycles. The van der Waals surface area contributed by atoms with Crippen molar-refractivity contribution in [2.45, 2.75) is 44.7 Å². The molecule has 1 atom stereocenters. The largest absolute Gasteiger partial charge is 0.482 e. The molecule has 0 N–H and O–H groups in total. The molecule has 0 aliphatic heterocycles. The maximum atomic E-state index is 6.16. The Morgan fingerprint density at radius 3 is 2.50 bits per heavy atom. The lowest BCUT2D eigenvalue weighted by Gasteiger charge is -2.17. The molecule has 3 rings (SSSR count). The van der Waals surface area contributed by atoms with E-state index in [1.165, 1.54) is 16.7 Å². The minimum atomic E-state index is -0.166. The summed E-state index contributed by atoms with van der Waals surface area (Å²) in [6, 6.07) is 14.5. The lowest BCUT2D eigenvalue weighted by Crippen LogP contribution is -2.10. The fraction of sp³-hybridized carbons (Fsp3) is 0.333. The molecule has 1 aromatic heterocycles. The summed E-state index contributed by atoms with van der Waals surface area (Å²) in [7, 11) is 2.00. The van der Waals surface area contributed by atoms with Crippen LogP contribution in [0.3, 0.4) is 0 Å². The molecule has 0 fully saturated rings. The third-order valence-electron chi connectivity index (χ3n) is 4.71. The molecule has 1 unspecified atom stereocenters. The zero-order chi connectivity index (χ0) is 18.7. The molecule has 0 aliphatic rings. The average molecular weight is 368 g/mol. The van der Waals surface area contributed by atoms with Crippen molar-refractivity contribution in [3.63, 3.8) is 0 Å². The number of nitrogens with zero attached hydrogens (tertiary/aromatic N) is 3. The third kappa shape index (κ3) is 3.93. The van der Waals surface area contributed by atoms with Gasteiger partial charge in [0.2, 0.25) is 0 Å². The zero-order valence-electron chi connectivity index (χ0n) is 16.0. The van der Waals surface area contributed by atoms with Gasteiger partial charge in [0.1, 0.15) is 5.75 Å². The Morgan fingerprint density at radius 1 is 1.00 bits per heavy atom. The van der Waals surface area contributed by atoms with Gasteiger partial charge in [0.25, 0.3) is 0 Å². The number of ether oxygens (including phenoxy) is 1. The summed E-state index contributed by atoms with van der Waals surface area (Å²) in [6.45, 7) is 8.33. The van der Waals surface area contributed by atoms with Crippen LogP contribution in [0.5, 0.6) is 5.75 Å². The van der Waals surface area contributed by atoms with Crippen LogP contribution in [0.25, 0.3) is 0 Å². The number of aromatic nitrogens is 3. The molecule has 0 bridgehead atoms. The van der Waals surface area contributed by atoms with Gasteiger partial charge in [-0.2, -0.15) is 0 Å². The summed E-state index contributed by atoms with van der Waals surface area (Å²) in [6.07, 6.45) is -0.166. The van der Waals surface area contributed by atoms with Crippen molar-refractivity contribution >= 4 is 11.8 Å². The van der Waals surface area contributed by atoms with E-state index < -0.39 is 0 Å². The summed E-state index contributed by atoms with van der Waals surface area (Å²) >= 11 is 1.70. The Labute approximate surface area is 159 Å². The summed E-state index contributed by atoms with van der Waals surface area (Å²) in [4.78, 5) is 0. The van der Waals surface area contributed by atoms with Crippen LogP contribution >= 0.6 is 11.8 Å². The van der Waals surface area contributed by atoms with Gasteiger partial charge in [-0.05, 0) is 56.0 Å². The maximum absolute atomic E-state index is 6.16. The number of hydrogen-bond acceptors (Lipinski definition) is 4. The van der Waals surface area contributed by atoms with E-state index in [1.54, 1.807) is 11.8 Å². The molecule has 26 heavy (non-hydrogen) atoms. The number of aryl methyl sites for hydroxylation is 2. The smallest absolute Gasteiger partial charge is 0.191 e. The van der Waals surface area contributed by atoms with Crippen LogP contribution in [0.2, 0.25) is 0 Å². The minimum absolute atomic E-state index is 0.166. The molecule has 136 valence electrons. The van der Waals surface area contributed by atoms with Gasteiger partial charge < -0.3 is 9.30 Å². The Bertz CT molecular complexity index is 904. The Morgan fingerprint density at radius 2 is 1.73 bits per heavy atom. The van der Waals surface area contributed by atoms with Crippen LogP contribution < -0.4 is 4.74 Å². The predicted octanol–water partition coefficient (Wildman–Crippen LogP) is 5.17. The van der Waals surface area contributed by atoms with Crippen molar-refractivity contribution in [3.05, 3.63) is 70.5 Å². The van der Waals surface area contributed by atoms with Crippen LogP contribution in [0.1, 0.15) is 41.1 Å². The fourth-order valence-corrected chi connectivity index (χ4v) is 3.81. The van der Waals surface area contributed by atoms with Gasteiger partial charge >= 0.3 is 0 Å². The van der Waals surface area contributed by atoms with Crippen molar-refractivity contribution in [1.82, 2.24) is 14.8 Å². The lowest BCUT2D eigenvalue weighted by molar-refractivity contribution is 0.210. The topological polar surface area (TPSA) is 39.9 Å². The lowest BCUT2D eigenvalue weighted by atomic mass is 10.1. The highest BCUT2D eigenvalue weighted by Crippen LogP contribution is 2.28. The van der Waals surface area contributed by atoms with E-state index in [9.17, 15) is 0 Å². The highest BCUT2D eigenvalue weighted by atomic mass is 32.2. The van der Waals surface area contributed by atoms with Crippen LogP contribution in [-0.2, 0) is 12.8 Å². The van der Waals surface area contributed by atoms with E-state index in [2.05, 4.69) is 61.3 Å². The summed E-state index contributed by atoms with van der Waals surface area (Å²) in [5, 5.41) is 9.63. The molecule has 5 heteroatoms. The summed E-state index contributed by atoms with van der Waals surface area (Å²) in [5.74, 6) is 2.61. The van der Waals surface area contributed by atoms with E-state index in [1.807, 2.05) is 30.7 Å². The van der Waals surface area contributed by atoms with Crippen molar-refractivity contribution in [2.75, 3.05) is 0 Å². The molecule has 1 heterocycles. The van der Waals surface area contributed by atoms with Gasteiger partial charge in [-0.15, -0.1) is 10.2 Å². The van der Waals surface area contributed by atoms with Gasteiger partial charge in [0.05, 0.1) is 0 Å². The second-order valence-corrected chi connectivity index (χ2v) is 7.52. The molecule has 0 aliphatic carbocycles. The second kappa shape index (κ2) is 7.96. The van der Waals surface area contributed by atoms with Crippen LogP contribution in [0.4, 0.5) is 0 Å². The maximum Gasteiger partial charge on any atom is 0.191 e. The first-order valence-electron chi connectivity index (χ1n) is 8.77. The number of benzene rings is 2. The first-order chi connectivity index (χ1) is 12.5.